The first-order valence-electron chi connectivity index (χ1n) is 11.2. The van der Waals surface area contributed by atoms with E-state index < -0.39 is 0 Å². The highest BCUT2D eigenvalue weighted by Crippen LogP contribution is 2.38. The number of amides is 1. The number of rotatable bonds is 3. The van der Waals surface area contributed by atoms with Crippen molar-refractivity contribution in [2.75, 3.05) is 25.0 Å². The minimum absolute atomic E-state index is 0.150. The highest BCUT2D eigenvalue weighted by atomic mass is 32.1. The molecule has 3 aliphatic rings. The van der Waals surface area contributed by atoms with Crippen LogP contribution in [-0.2, 0) is 17.8 Å². The molecule has 0 spiro atoms. The molecule has 2 aromatic rings. The summed E-state index contributed by atoms with van der Waals surface area (Å²) >= 11 is 1.77. The molecule has 1 amide bonds. The summed E-state index contributed by atoms with van der Waals surface area (Å²) in [5, 5.41) is 4.91. The van der Waals surface area contributed by atoms with Crippen LogP contribution in [0.2, 0.25) is 0 Å². The van der Waals surface area contributed by atoms with E-state index in [-0.39, 0.29) is 5.91 Å². The van der Waals surface area contributed by atoms with E-state index in [1.807, 2.05) is 4.90 Å². The monoisotopic (exact) mass is 413 g/mol. The van der Waals surface area contributed by atoms with Gasteiger partial charge in [0, 0.05) is 37.0 Å². The summed E-state index contributed by atoms with van der Waals surface area (Å²) in [5.41, 5.74) is 1.26. The van der Waals surface area contributed by atoms with Crippen molar-refractivity contribution in [3.63, 3.8) is 0 Å². The van der Waals surface area contributed by atoms with Gasteiger partial charge in [-0.25, -0.2) is 9.97 Å². The van der Waals surface area contributed by atoms with Crippen molar-refractivity contribution in [1.82, 2.24) is 19.8 Å². The van der Waals surface area contributed by atoms with Crippen LogP contribution in [-0.4, -0.2) is 57.4 Å². The van der Waals surface area contributed by atoms with Gasteiger partial charge in [-0.15, -0.1) is 11.3 Å². The fourth-order valence-electron chi connectivity index (χ4n) is 5.35. The van der Waals surface area contributed by atoms with Gasteiger partial charge in [0.2, 0.25) is 5.91 Å². The van der Waals surface area contributed by atoms with Gasteiger partial charge in [0.15, 0.2) is 0 Å². The van der Waals surface area contributed by atoms with Crippen LogP contribution in [0, 0.1) is 0 Å². The van der Waals surface area contributed by atoms with E-state index in [2.05, 4.69) is 20.2 Å². The van der Waals surface area contributed by atoms with Gasteiger partial charge in [-0.05, 0) is 63.6 Å². The lowest BCUT2D eigenvalue weighted by Gasteiger charge is -2.39. The molecule has 5 rings (SSSR count). The summed E-state index contributed by atoms with van der Waals surface area (Å²) in [4.78, 5) is 28.2. The summed E-state index contributed by atoms with van der Waals surface area (Å²) < 4.78 is 0. The summed E-state index contributed by atoms with van der Waals surface area (Å²) in [6, 6.07) is 1.26. The van der Waals surface area contributed by atoms with Crippen molar-refractivity contribution >= 4 is 33.3 Å². The number of hydrogen-bond acceptors (Lipinski definition) is 6. The third kappa shape index (κ3) is 3.87. The molecule has 156 valence electrons. The second-order valence-electron chi connectivity index (χ2n) is 8.84. The van der Waals surface area contributed by atoms with Gasteiger partial charge in [0.25, 0.3) is 0 Å². The molecule has 0 radical (unpaired) electrons. The Hall–Kier alpha value is -1.73. The lowest BCUT2D eigenvalue weighted by Crippen LogP contribution is -2.43. The molecule has 2 aromatic heterocycles. The third-order valence-electron chi connectivity index (χ3n) is 7.02. The van der Waals surface area contributed by atoms with Gasteiger partial charge in [0.05, 0.1) is 5.39 Å². The molecule has 0 bridgehead atoms. The average Bonchev–Trinajstić information content (AvgIpc) is 3.13. The number of carbonyl (C=O) groups excluding carboxylic acids is 1. The smallest absolute Gasteiger partial charge is 0.219 e. The van der Waals surface area contributed by atoms with Crippen molar-refractivity contribution < 1.29 is 4.79 Å². The Kier molecular flexibility index (Phi) is 5.43. The lowest BCUT2D eigenvalue weighted by molar-refractivity contribution is -0.129. The number of piperidine rings is 1. The van der Waals surface area contributed by atoms with E-state index in [1.54, 1.807) is 24.6 Å². The van der Waals surface area contributed by atoms with Crippen molar-refractivity contribution in [1.29, 1.82) is 0 Å². The number of nitrogens with zero attached hydrogens (tertiary/aromatic N) is 4. The van der Waals surface area contributed by atoms with E-state index in [4.69, 9.17) is 0 Å². The van der Waals surface area contributed by atoms with E-state index in [0.717, 1.165) is 35.0 Å². The van der Waals surface area contributed by atoms with E-state index in [1.165, 1.54) is 68.5 Å². The highest BCUT2D eigenvalue weighted by molar-refractivity contribution is 7.19. The van der Waals surface area contributed by atoms with Crippen LogP contribution in [0.3, 0.4) is 0 Å². The van der Waals surface area contributed by atoms with Gasteiger partial charge in [0.1, 0.15) is 17.0 Å². The molecule has 29 heavy (non-hydrogen) atoms. The zero-order valence-electron chi connectivity index (χ0n) is 17.3. The fourth-order valence-corrected chi connectivity index (χ4v) is 6.49. The number of carbonyl (C=O) groups is 1. The maximum Gasteiger partial charge on any atom is 0.219 e. The van der Waals surface area contributed by atoms with E-state index >= 15 is 0 Å². The molecule has 2 aliphatic heterocycles. The largest absolute Gasteiger partial charge is 0.367 e. The number of anilines is 1. The third-order valence-corrected chi connectivity index (χ3v) is 8.22. The zero-order chi connectivity index (χ0) is 19.8. The van der Waals surface area contributed by atoms with Gasteiger partial charge < -0.3 is 15.1 Å². The predicted molar refractivity (Wildman–Crippen MR) is 117 cm³/mol. The molecular formula is C22H31N5OS. The van der Waals surface area contributed by atoms with Crippen LogP contribution < -0.4 is 5.32 Å². The summed E-state index contributed by atoms with van der Waals surface area (Å²) in [5.74, 6) is 1.12. The maximum absolute atomic E-state index is 11.9. The van der Waals surface area contributed by atoms with Crippen LogP contribution in [0.4, 0.5) is 5.82 Å². The number of hydrogen-bond donors (Lipinski definition) is 1. The lowest BCUT2D eigenvalue weighted by atomic mass is 9.89. The van der Waals surface area contributed by atoms with Crippen LogP contribution in [0.5, 0.6) is 0 Å². The van der Waals surface area contributed by atoms with Gasteiger partial charge in [-0.2, -0.15) is 0 Å². The average molecular weight is 414 g/mol. The number of fused-ring (bicyclic) bond motifs is 3. The van der Waals surface area contributed by atoms with Crippen LogP contribution in [0.1, 0.15) is 62.3 Å². The Morgan fingerprint density at radius 1 is 1.10 bits per heavy atom. The standard InChI is InChI=1S/C22H31N5OS/c1-15(28)27-12-9-19-18(13-27)20-21(23-14-24-22(20)29-19)25-16-5-7-17(8-6-16)26-10-3-2-4-11-26/h14,16-17H,2-13H2,1H3,(H,23,24,25)/t16-,17-. The topological polar surface area (TPSA) is 61.4 Å². The first-order valence-corrected chi connectivity index (χ1v) is 12.0. The molecule has 6 nitrogen and oxygen atoms in total. The molecule has 1 aliphatic carbocycles. The SMILES string of the molecule is CC(=O)N1CCc2sc3ncnc(N[C@H]4CC[C@H](N5CCCCC5)CC4)c3c2C1. The second-order valence-corrected chi connectivity index (χ2v) is 9.93. The molecule has 0 atom stereocenters. The minimum Gasteiger partial charge on any atom is -0.367 e. The Morgan fingerprint density at radius 3 is 2.66 bits per heavy atom. The molecule has 7 heteroatoms. The summed E-state index contributed by atoms with van der Waals surface area (Å²) in [6.45, 7) is 5.75. The number of likely N-dealkylation sites (tertiary alicyclic amines) is 1. The number of aromatic nitrogens is 2. The molecule has 0 unspecified atom stereocenters. The van der Waals surface area contributed by atoms with Gasteiger partial charge >= 0.3 is 0 Å². The van der Waals surface area contributed by atoms with E-state index in [9.17, 15) is 4.79 Å². The Bertz CT molecular complexity index is 883. The number of thiophene rings is 1. The van der Waals surface area contributed by atoms with E-state index in [0.29, 0.717) is 12.6 Å². The Labute approximate surface area is 176 Å². The van der Waals surface area contributed by atoms with Crippen molar-refractivity contribution in [3.05, 3.63) is 16.8 Å². The first kappa shape index (κ1) is 19.2. The zero-order valence-corrected chi connectivity index (χ0v) is 18.1. The molecule has 4 heterocycles. The number of nitrogens with one attached hydrogen (secondary N) is 1. The molecule has 1 saturated heterocycles. The van der Waals surface area contributed by atoms with Crippen molar-refractivity contribution in [2.24, 2.45) is 0 Å². The van der Waals surface area contributed by atoms with Crippen molar-refractivity contribution in [3.8, 4) is 0 Å². The minimum atomic E-state index is 0.150. The molecule has 0 aromatic carbocycles. The summed E-state index contributed by atoms with van der Waals surface area (Å²) in [6.07, 6.45) is 11.7. The van der Waals surface area contributed by atoms with Crippen LogP contribution in [0.25, 0.3) is 10.2 Å². The van der Waals surface area contributed by atoms with Gasteiger partial charge in [-0.3, -0.25) is 4.79 Å². The fraction of sp³-hybridized carbons (Fsp3) is 0.682. The Morgan fingerprint density at radius 2 is 1.90 bits per heavy atom. The molecule has 1 N–H and O–H groups in total. The molecular weight excluding hydrogens is 382 g/mol. The Balaban J connectivity index is 1.31. The van der Waals surface area contributed by atoms with Crippen molar-refractivity contribution in [2.45, 2.75) is 76.9 Å². The predicted octanol–water partition coefficient (Wildman–Crippen LogP) is 3.80. The van der Waals surface area contributed by atoms with Crippen LogP contribution in [0.15, 0.2) is 6.33 Å². The maximum atomic E-state index is 11.9. The second kappa shape index (κ2) is 8.19. The highest BCUT2D eigenvalue weighted by Gasteiger charge is 2.29. The molecule has 1 saturated carbocycles. The quantitative estimate of drug-likeness (QED) is 0.829. The van der Waals surface area contributed by atoms with Gasteiger partial charge in [-0.1, -0.05) is 6.42 Å². The normalized spacial score (nSPS) is 25.8. The summed E-state index contributed by atoms with van der Waals surface area (Å²) in [7, 11) is 0. The first-order chi connectivity index (χ1) is 14.2. The van der Waals surface area contributed by atoms with Crippen LogP contribution >= 0.6 is 11.3 Å². The molecule has 2 fully saturated rings.